The summed E-state index contributed by atoms with van der Waals surface area (Å²) < 4.78 is 5.36. The number of amides is 1. The molecule has 0 bridgehead atoms. The summed E-state index contributed by atoms with van der Waals surface area (Å²) in [5.74, 6) is -0.870. The van der Waals surface area contributed by atoms with E-state index in [0.29, 0.717) is 22.4 Å². The predicted octanol–water partition coefficient (Wildman–Crippen LogP) is 2.70. The predicted molar refractivity (Wildman–Crippen MR) is 106 cm³/mol. The fourth-order valence-corrected chi connectivity index (χ4v) is 2.95. The van der Waals surface area contributed by atoms with Gasteiger partial charge in [0.1, 0.15) is 11.8 Å². The maximum atomic E-state index is 12.6. The monoisotopic (exact) mass is 390 g/mol. The first-order valence-electron chi connectivity index (χ1n) is 8.96. The average Bonchev–Trinajstić information content (AvgIpc) is 3.17. The van der Waals surface area contributed by atoms with Crippen molar-refractivity contribution in [3.05, 3.63) is 53.7 Å². The molecule has 3 aromatic heterocycles. The Morgan fingerprint density at radius 3 is 2.79 bits per heavy atom. The molecule has 1 amide bonds. The molecule has 0 spiro atoms. The van der Waals surface area contributed by atoms with Crippen LogP contribution in [-0.4, -0.2) is 42.9 Å². The van der Waals surface area contributed by atoms with Crippen LogP contribution in [0.15, 0.2) is 36.9 Å². The van der Waals surface area contributed by atoms with Gasteiger partial charge < -0.3 is 15.0 Å². The number of ether oxygens (including phenoxy) is 1. The van der Waals surface area contributed by atoms with E-state index in [0.717, 1.165) is 16.5 Å². The van der Waals surface area contributed by atoms with E-state index in [1.165, 1.54) is 19.6 Å². The lowest BCUT2D eigenvalue weighted by atomic mass is 10.1. The van der Waals surface area contributed by atoms with Crippen LogP contribution < -0.4 is 5.32 Å². The molecular formula is C20H18N6O3. The van der Waals surface area contributed by atoms with E-state index in [1.807, 2.05) is 25.1 Å². The van der Waals surface area contributed by atoms with Crippen molar-refractivity contribution in [2.24, 2.45) is 0 Å². The first-order valence-corrected chi connectivity index (χ1v) is 8.96. The molecule has 1 aromatic carbocycles. The molecule has 0 aliphatic rings. The van der Waals surface area contributed by atoms with Crippen molar-refractivity contribution < 1.29 is 14.3 Å². The summed E-state index contributed by atoms with van der Waals surface area (Å²) >= 11 is 0. The second kappa shape index (κ2) is 7.27. The molecule has 29 heavy (non-hydrogen) atoms. The van der Waals surface area contributed by atoms with Crippen LogP contribution in [0.25, 0.3) is 22.1 Å². The van der Waals surface area contributed by atoms with Crippen molar-refractivity contribution in [3.8, 4) is 0 Å². The number of anilines is 1. The van der Waals surface area contributed by atoms with Crippen molar-refractivity contribution in [1.29, 1.82) is 0 Å². The van der Waals surface area contributed by atoms with Crippen LogP contribution in [0.5, 0.6) is 0 Å². The number of carbonyl (C=O) groups excluding carboxylic acids is 2. The van der Waals surface area contributed by atoms with Gasteiger partial charge in [-0.2, -0.15) is 0 Å². The Hall–Kier alpha value is -3.88. The first-order chi connectivity index (χ1) is 13.9. The second-order valence-corrected chi connectivity index (χ2v) is 6.68. The van der Waals surface area contributed by atoms with Gasteiger partial charge in [-0.3, -0.25) is 9.78 Å². The summed E-state index contributed by atoms with van der Waals surface area (Å²) in [6, 6.07) is 7.54. The van der Waals surface area contributed by atoms with Crippen molar-refractivity contribution in [1.82, 2.24) is 24.9 Å². The van der Waals surface area contributed by atoms with E-state index in [2.05, 4.69) is 30.2 Å². The molecule has 2 N–H and O–H groups in total. The van der Waals surface area contributed by atoms with Gasteiger partial charge in [0.15, 0.2) is 17.6 Å². The van der Waals surface area contributed by atoms with E-state index in [-0.39, 0.29) is 5.82 Å². The number of aromatic nitrogens is 5. The second-order valence-electron chi connectivity index (χ2n) is 6.68. The molecule has 9 heteroatoms. The molecule has 1 atom stereocenters. The summed E-state index contributed by atoms with van der Waals surface area (Å²) in [5.41, 5.74) is 3.63. The molecule has 0 radical (unpaired) electrons. The Morgan fingerprint density at radius 2 is 1.97 bits per heavy atom. The SMILES string of the molecule is Cc1ccc2nc(C)c(C(=O)OC(C)C(=O)Nc3ncnc4nc[nH]c34)cc2c1. The molecule has 0 saturated heterocycles. The molecule has 0 aliphatic heterocycles. The minimum atomic E-state index is -1.04. The maximum absolute atomic E-state index is 12.6. The van der Waals surface area contributed by atoms with Crippen molar-refractivity contribution in [3.63, 3.8) is 0 Å². The number of aryl methyl sites for hydroxylation is 2. The Labute approximate surface area is 165 Å². The summed E-state index contributed by atoms with van der Waals surface area (Å²) in [7, 11) is 0. The molecule has 4 aromatic rings. The minimum absolute atomic E-state index is 0.263. The quantitative estimate of drug-likeness (QED) is 0.514. The van der Waals surface area contributed by atoms with Crippen LogP contribution in [0, 0.1) is 13.8 Å². The summed E-state index contributed by atoms with van der Waals surface area (Å²) in [6.07, 6.45) is 1.71. The number of aromatic amines is 1. The fourth-order valence-electron chi connectivity index (χ4n) is 2.95. The lowest BCUT2D eigenvalue weighted by Gasteiger charge is -2.14. The molecule has 0 aliphatic carbocycles. The molecule has 0 saturated carbocycles. The van der Waals surface area contributed by atoms with Crippen LogP contribution in [0.3, 0.4) is 0 Å². The number of rotatable bonds is 4. The van der Waals surface area contributed by atoms with Gasteiger partial charge in [0, 0.05) is 5.39 Å². The highest BCUT2D eigenvalue weighted by Gasteiger charge is 2.22. The van der Waals surface area contributed by atoms with Crippen LogP contribution in [0.4, 0.5) is 5.82 Å². The first kappa shape index (κ1) is 18.5. The summed E-state index contributed by atoms with van der Waals surface area (Å²) in [5, 5.41) is 3.46. The number of hydrogen-bond donors (Lipinski definition) is 2. The zero-order valence-electron chi connectivity index (χ0n) is 16.1. The lowest BCUT2D eigenvalue weighted by molar-refractivity contribution is -0.123. The third-order valence-electron chi connectivity index (χ3n) is 4.50. The number of esters is 1. The number of benzene rings is 1. The number of H-pyrrole nitrogens is 1. The van der Waals surface area contributed by atoms with Gasteiger partial charge in [-0.25, -0.2) is 19.7 Å². The van der Waals surface area contributed by atoms with Crippen LogP contribution in [-0.2, 0) is 9.53 Å². The molecule has 4 rings (SSSR count). The Balaban J connectivity index is 1.52. The smallest absolute Gasteiger partial charge is 0.340 e. The van der Waals surface area contributed by atoms with Crippen molar-refractivity contribution in [2.45, 2.75) is 26.9 Å². The highest BCUT2D eigenvalue weighted by Crippen LogP contribution is 2.20. The largest absolute Gasteiger partial charge is 0.449 e. The topological polar surface area (TPSA) is 123 Å². The number of pyridine rings is 1. The average molecular weight is 390 g/mol. The zero-order chi connectivity index (χ0) is 20.5. The van der Waals surface area contributed by atoms with Crippen molar-refractivity contribution in [2.75, 3.05) is 5.32 Å². The van der Waals surface area contributed by atoms with Gasteiger partial charge in [-0.05, 0) is 39.0 Å². The van der Waals surface area contributed by atoms with Gasteiger partial charge in [-0.1, -0.05) is 11.6 Å². The van der Waals surface area contributed by atoms with E-state index < -0.39 is 18.0 Å². The van der Waals surface area contributed by atoms with E-state index in [9.17, 15) is 9.59 Å². The van der Waals surface area contributed by atoms with Gasteiger partial charge in [0.25, 0.3) is 5.91 Å². The van der Waals surface area contributed by atoms with E-state index in [4.69, 9.17) is 4.74 Å². The lowest BCUT2D eigenvalue weighted by Crippen LogP contribution is -2.30. The number of imidazole rings is 1. The summed E-state index contributed by atoms with van der Waals surface area (Å²) in [4.78, 5) is 44.5. The highest BCUT2D eigenvalue weighted by atomic mass is 16.5. The number of fused-ring (bicyclic) bond motifs is 2. The van der Waals surface area contributed by atoms with E-state index >= 15 is 0 Å². The molecular weight excluding hydrogens is 372 g/mol. The van der Waals surface area contributed by atoms with Gasteiger partial charge >= 0.3 is 5.97 Å². The number of carbonyl (C=O) groups is 2. The highest BCUT2D eigenvalue weighted by molar-refractivity contribution is 6.01. The molecule has 9 nitrogen and oxygen atoms in total. The molecule has 146 valence electrons. The molecule has 3 heterocycles. The van der Waals surface area contributed by atoms with Gasteiger partial charge in [0.2, 0.25) is 0 Å². The van der Waals surface area contributed by atoms with Crippen LogP contribution in [0.2, 0.25) is 0 Å². The maximum Gasteiger partial charge on any atom is 0.340 e. The third-order valence-corrected chi connectivity index (χ3v) is 4.50. The number of nitrogens with zero attached hydrogens (tertiary/aromatic N) is 4. The Bertz CT molecular complexity index is 1250. The molecule has 0 fully saturated rings. The van der Waals surface area contributed by atoms with Gasteiger partial charge in [0.05, 0.1) is 23.1 Å². The van der Waals surface area contributed by atoms with E-state index in [1.54, 1.807) is 13.0 Å². The van der Waals surface area contributed by atoms with Crippen LogP contribution >= 0.6 is 0 Å². The zero-order valence-corrected chi connectivity index (χ0v) is 16.1. The standard InChI is InChI=1S/C20H18N6O3/c1-10-4-5-15-13(6-10)7-14(11(2)25-15)20(28)29-12(3)19(27)26-18-16-17(22-8-21-16)23-9-24-18/h4-9,12H,1-3H3,(H2,21,22,23,24,26,27). The minimum Gasteiger partial charge on any atom is -0.449 e. The molecule has 1 unspecified atom stereocenters. The van der Waals surface area contributed by atoms with Crippen LogP contribution in [0.1, 0.15) is 28.5 Å². The normalized spacial score (nSPS) is 12.1. The summed E-state index contributed by atoms with van der Waals surface area (Å²) in [6.45, 7) is 5.19. The van der Waals surface area contributed by atoms with Crippen molar-refractivity contribution >= 4 is 39.8 Å². The Kier molecular flexibility index (Phi) is 4.63. The number of hydrogen-bond acceptors (Lipinski definition) is 7. The Morgan fingerprint density at radius 1 is 1.14 bits per heavy atom. The number of nitrogens with one attached hydrogen (secondary N) is 2. The van der Waals surface area contributed by atoms with Gasteiger partial charge in [-0.15, -0.1) is 0 Å². The third kappa shape index (κ3) is 3.62. The fraction of sp³-hybridized carbons (Fsp3) is 0.200.